The molecule has 0 unspecified atom stereocenters. The number of nitrogens with one attached hydrogen (secondary N) is 1. The fourth-order valence-corrected chi connectivity index (χ4v) is 2.75. The predicted molar refractivity (Wildman–Crippen MR) is 105 cm³/mol. The zero-order valence-corrected chi connectivity index (χ0v) is 16.1. The first-order chi connectivity index (χ1) is 12.8. The molecule has 1 N–H and O–H groups in total. The van der Waals surface area contributed by atoms with Crippen LogP contribution in [0.1, 0.15) is 33.3 Å². The van der Waals surface area contributed by atoms with E-state index in [-0.39, 0.29) is 17.1 Å². The van der Waals surface area contributed by atoms with Crippen molar-refractivity contribution in [2.45, 2.75) is 39.2 Å². The van der Waals surface area contributed by atoms with Crippen molar-refractivity contribution in [3.63, 3.8) is 0 Å². The summed E-state index contributed by atoms with van der Waals surface area (Å²) >= 11 is 0. The molecule has 0 amide bonds. The fourth-order valence-electron chi connectivity index (χ4n) is 2.75. The Morgan fingerprint density at radius 3 is 2.41 bits per heavy atom. The average Bonchev–Trinajstić information content (AvgIpc) is 3.07. The molecular formula is C22H25NO4. The van der Waals surface area contributed by atoms with Gasteiger partial charge in [0.25, 0.3) is 5.56 Å². The molecule has 0 aliphatic heterocycles. The Bertz CT molecular complexity index is 935. The van der Waals surface area contributed by atoms with Crippen molar-refractivity contribution >= 4 is 0 Å². The zero-order valence-electron chi connectivity index (χ0n) is 16.1. The first-order valence-corrected chi connectivity index (χ1v) is 9.02. The van der Waals surface area contributed by atoms with E-state index in [0.29, 0.717) is 12.4 Å². The largest absolute Gasteiger partial charge is 0.493 e. The molecule has 1 aromatic heterocycles. The zero-order chi connectivity index (χ0) is 19.4. The number of benzene rings is 2. The van der Waals surface area contributed by atoms with Crippen LogP contribution < -0.4 is 15.0 Å². The van der Waals surface area contributed by atoms with Crippen LogP contribution in [0.2, 0.25) is 0 Å². The SMILES string of the molecule is CC(C)Oc1cccc(C(C)(C)COc2ccc(-c3cc(=O)[nH]o3)cc2)c1. The van der Waals surface area contributed by atoms with Crippen molar-refractivity contribution in [2.75, 3.05) is 6.61 Å². The highest BCUT2D eigenvalue weighted by Gasteiger charge is 2.22. The first-order valence-electron chi connectivity index (χ1n) is 9.02. The van der Waals surface area contributed by atoms with Gasteiger partial charge in [0.2, 0.25) is 0 Å². The van der Waals surface area contributed by atoms with Crippen LogP contribution in [0.25, 0.3) is 11.3 Å². The fraction of sp³-hybridized carbons (Fsp3) is 0.318. The Hall–Kier alpha value is -2.95. The number of rotatable bonds is 7. The van der Waals surface area contributed by atoms with Gasteiger partial charge in [-0.15, -0.1) is 0 Å². The molecule has 3 aromatic rings. The Balaban J connectivity index is 1.67. The number of hydrogen-bond donors (Lipinski definition) is 1. The molecule has 3 rings (SSSR count). The summed E-state index contributed by atoms with van der Waals surface area (Å²) in [7, 11) is 0. The number of aromatic nitrogens is 1. The second-order valence-electron chi connectivity index (χ2n) is 7.47. The third-order valence-electron chi connectivity index (χ3n) is 4.25. The summed E-state index contributed by atoms with van der Waals surface area (Å²) in [6.45, 7) is 8.85. The van der Waals surface area contributed by atoms with Crippen LogP contribution in [0.4, 0.5) is 0 Å². The summed E-state index contributed by atoms with van der Waals surface area (Å²) in [6, 6.07) is 17.0. The molecule has 5 heteroatoms. The molecule has 0 saturated heterocycles. The van der Waals surface area contributed by atoms with Crippen LogP contribution in [-0.4, -0.2) is 17.9 Å². The van der Waals surface area contributed by atoms with Gasteiger partial charge >= 0.3 is 0 Å². The van der Waals surface area contributed by atoms with Crippen molar-refractivity contribution in [1.82, 2.24) is 5.16 Å². The monoisotopic (exact) mass is 367 g/mol. The smallest absolute Gasteiger partial charge is 0.280 e. The highest BCUT2D eigenvalue weighted by Crippen LogP contribution is 2.28. The lowest BCUT2D eigenvalue weighted by Crippen LogP contribution is -2.26. The van der Waals surface area contributed by atoms with E-state index in [9.17, 15) is 4.79 Å². The van der Waals surface area contributed by atoms with Crippen LogP contribution in [-0.2, 0) is 5.41 Å². The second-order valence-corrected chi connectivity index (χ2v) is 7.47. The molecule has 0 bridgehead atoms. The van der Waals surface area contributed by atoms with Crippen LogP contribution >= 0.6 is 0 Å². The second kappa shape index (κ2) is 7.74. The molecule has 0 saturated carbocycles. The predicted octanol–water partition coefficient (Wildman–Crippen LogP) is 4.78. The third kappa shape index (κ3) is 4.82. The molecule has 0 radical (unpaired) electrons. The topological polar surface area (TPSA) is 64.5 Å². The lowest BCUT2D eigenvalue weighted by Gasteiger charge is -2.26. The van der Waals surface area contributed by atoms with E-state index in [1.807, 2.05) is 50.2 Å². The van der Waals surface area contributed by atoms with Gasteiger partial charge in [-0.1, -0.05) is 26.0 Å². The van der Waals surface area contributed by atoms with Gasteiger partial charge in [0.05, 0.1) is 18.8 Å². The Kier molecular flexibility index (Phi) is 5.40. The number of hydrogen-bond acceptors (Lipinski definition) is 4. The summed E-state index contributed by atoms with van der Waals surface area (Å²) in [4.78, 5) is 11.2. The molecule has 1 heterocycles. The summed E-state index contributed by atoms with van der Waals surface area (Å²) in [5, 5.41) is 2.29. The van der Waals surface area contributed by atoms with Gasteiger partial charge in [0.1, 0.15) is 11.5 Å². The highest BCUT2D eigenvalue weighted by molar-refractivity contribution is 5.57. The van der Waals surface area contributed by atoms with E-state index < -0.39 is 0 Å². The maximum Gasteiger partial charge on any atom is 0.280 e. The third-order valence-corrected chi connectivity index (χ3v) is 4.25. The number of ether oxygens (including phenoxy) is 2. The van der Waals surface area contributed by atoms with E-state index in [1.54, 1.807) is 0 Å². The molecule has 0 aliphatic rings. The lowest BCUT2D eigenvalue weighted by molar-refractivity contribution is 0.233. The van der Waals surface area contributed by atoms with Crippen LogP contribution in [0.3, 0.4) is 0 Å². The van der Waals surface area contributed by atoms with Gasteiger partial charge in [-0.3, -0.25) is 4.79 Å². The molecule has 0 spiro atoms. The molecule has 27 heavy (non-hydrogen) atoms. The normalized spacial score (nSPS) is 11.6. The van der Waals surface area contributed by atoms with Gasteiger partial charge in [0, 0.05) is 11.0 Å². The Labute approximate surface area is 158 Å². The van der Waals surface area contributed by atoms with Crippen LogP contribution in [0.5, 0.6) is 11.5 Å². The number of aromatic amines is 1. The molecule has 0 aliphatic carbocycles. The molecule has 0 atom stereocenters. The van der Waals surface area contributed by atoms with Gasteiger partial charge in [0.15, 0.2) is 5.76 Å². The van der Waals surface area contributed by atoms with E-state index >= 15 is 0 Å². The first kappa shape index (κ1) is 18.8. The van der Waals surface area contributed by atoms with Gasteiger partial charge in [-0.25, -0.2) is 0 Å². The van der Waals surface area contributed by atoms with Gasteiger partial charge < -0.3 is 14.0 Å². The minimum absolute atomic E-state index is 0.141. The minimum Gasteiger partial charge on any atom is -0.493 e. The Morgan fingerprint density at radius 2 is 1.78 bits per heavy atom. The summed E-state index contributed by atoms with van der Waals surface area (Å²) < 4.78 is 16.9. The molecular weight excluding hydrogens is 342 g/mol. The van der Waals surface area contributed by atoms with E-state index in [4.69, 9.17) is 14.0 Å². The van der Waals surface area contributed by atoms with Crippen molar-refractivity contribution in [3.8, 4) is 22.8 Å². The highest BCUT2D eigenvalue weighted by atomic mass is 16.5. The maximum atomic E-state index is 11.2. The van der Waals surface area contributed by atoms with Crippen LogP contribution in [0, 0.1) is 0 Å². The molecule has 2 aromatic carbocycles. The summed E-state index contributed by atoms with van der Waals surface area (Å²) in [5.74, 6) is 2.14. The molecule has 0 fully saturated rings. The standard InChI is InChI=1S/C22H25NO4/c1-15(2)26-19-7-5-6-17(12-19)22(3,4)14-25-18-10-8-16(9-11-18)20-13-21(24)23-27-20/h5-13,15H,14H2,1-4H3,(H,23,24). The van der Waals surface area contributed by atoms with Crippen molar-refractivity contribution < 1.29 is 14.0 Å². The molecule has 5 nitrogen and oxygen atoms in total. The van der Waals surface area contributed by atoms with E-state index in [1.165, 1.54) is 6.07 Å². The summed E-state index contributed by atoms with van der Waals surface area (Å²) in [6.07, 6.45) is 0.141. The van der Waals surface area contributed by atoms with Crippen LogP contribution in [0.15, 0.2) is 63.9 Å². The minimum atomic E-state index is -0.254. The average molecular weight is 367 g/mol. The van der Waals surface area contributed by atoms with Gasteiger partial charge in [-0.05, 0) is 55.8 Å². The number of H-pyrrole nitrogens is 1. The quantitative estimate of drug-likeness (QED) is 0.653. The lowest BCUT2D eigenvalue weighted by atomic mass is 9.85. The molecule has 142 valence electrons. The Morgan fingerprint density at radius 1 is 1.04 bits per heavy atom. The van der Waals surface area contributed by atoms with E-state index in [0.717, 1.165) is 22.6 Å². The van der Waals surface area contributed by atoms with Crippen molar-refractivity contribution in [2.24, 2.45) is 0 Å². The van der Waals surface area contributed by atoms with Crippen molar-refractivity contribution in [3.05, 3.63) is 70.5 Å². The maximum absolute atomic E-state index is 11.2. The van der Waals surface area contributed by atoms with Gasteiger partial charge in [-0.2, -0.15) is 5.16 Å². The van der Waals surface area contributed by atoms with Crippen molar-refractivity contribution in [1.29, 1.82) is 0 Å². The summed E-state index contributed by atoms with van der Waals surface area (Å²) in [5.41, 5.74) is 1.54. The van der Waals surface area contributed by atoms with E-state index in [2.05, 4.69) is 31.1 Å².